The van der Waals surface area contributed by atoms with Crippen molar-refractivity contribution in [2.24, 2.45) is 0 Å². The van der Waals surface area contributed by atoms with Gasteiger partial charge in [-0.1, -0.05) is 28.9 Å². The molecule has 0 aliphatic rings. The van der Waals surface area contributed by atoms with E-state index in [1.807, 2.05) is 26.8 Å². The van der Waals surface area contributed by atoms with Gasteiger partial charge in [-0.25, -0.2) is 0 Å². The molecule has 112 valence electrons. The molecular formula is C15H17BrN2O3. The fraction of sp³-hybridized carbons (Fsp3) is 0.333. The molecule has 1 aromatic heterocycles. The number of benzene rings is 1. The van der Waals surface area contributed by atoms with Crippen LogP contribution in [0, 0.1) is 24.0 Å². The molecule has 1 N–H and O–H groups in total. The minimum Gasteiger partial charge on any atom is -0.404 e. The number of aryl methyl sites for hydroxylation is 2. The van der Waals surface area contributed by atoms with E-state index in [-0.39, 0.29) is 11.9 Å². The summed E-state index contributed by atoms with van der Waals surface area (Å²) < 4.78 is 6.41. The van der Waals surface area contributed by atoms with Crippen LogP contribution in [0.1, 0.15) is 35.4 Å². The quantitative estimate of drug-likeness (QED) is 0.644. The van der Waals surface area contributed by atoms with Crippen LogP contribution in [-0.4, -0.2) is 11.5 Å². The van der Waals surface area contributed by atoms with Gasteiger partial charge >= 0.3 is 5.88 Å². The maximum absolute atomic E-state index is 10.8. The van der Waals surface area contributed by atoms with E-state index in [1.54, 1.807) is 6.07 Å². The van der Waals surface area contributed by atoms with Gasteiger partial charge in [0.25, 0.3) is 0 Å². The third kappa shape index (κ3) is 3.33. The van der Waals surface area contributed by atoms with E-state index in [4.69, 9.17) is 4.42 Å². The van der Waals surface area contributed by atoms with Gasteiger partial charge in [0.2, 0.25) is 0 Å². The minimum absolute atomic E-state index is 0.199. The molecule has 0 spiro atoms. The first kappa shape index (κ1) is 15.7. The third-order valence-electron chi connectivity index (χ3n) is 3.34. The van der Waals surface area contributed by atoms with Crippen molar-refractivity contribution in [3.8, 4) is 0 Å². The fourth-order valence-electron chi connectivity index (χ4n) is 2.28. The Bertz CT molecular complexity index is 667. The van der Waals surface area contributed by atoms with Gasteiger partial charge in [0.1, 0.15) is 10.7 Å². The van der Waals surface area contributed by atoms with Crippen LogP contribution in [0.2, 0.25) is 0 Å². The molecule has 1 atom stereocenters. The standard InChI is InChI=1S/C15H17BrN2O3/c1-4-17-15(13-5-6-14(21-13)18(19)20)11-7-10(3)12(16)8-9(11)2/h5-8,15,17H,4H2,1-3H3. The Morgan fingerprint density at radius 3 is 2.62 bits per heavy atom. The summed E-state index contributed by atoms with van der Waals surface area (Å²) in [7, 11) is 0. The second-order valence-corrected chi connectivity index (χ2v) is 5.74. The summed E-state index contributed by atoms with van der Waals surface area (Å²) in [4.78, 5) is 10.3. The highest BCUT2D eigenvalue weighted by molar-refractivity contribution is 9.10. The Morgan fingerprint density at radius 1 is 1.33 bits per heavy atom. The Kier molecular flexibility index (Phi) is 4.80. The lowest BCUT2D eigenvalue weighted by Crippen LogP contribution is -2.22. The zero-order chi connectivity index (χ0) is 15.6. The Hall–Kier alpha value is -1.66. The molecule has 0 aliphatic heterocycles. The number of furan rings is 1. The highest BCUT2D eigenvalue weighted by atomic mass is 79.9. The van der Waals surface area contributed by atoms with Crippen molar-refractivity contribution in [3.05, 3.63) is 61.3 Å². The molecule has 6 heteroatoms. The van der Waals surface area contributed by atoms with Crippen LogP contribution in [0.15, 0.2) is 33.2 Å². The summed E-state index contributed by atoms with van der Waals surface area (Å²) in [6, 6.07) is 6.96. The normalized spacial score (nSPS) is 12.4. The molecule has 0 bridgehead atoms. The molecule has 2 rings (SSSR count). The average molecular weight is 353 g/mol. The predicted octanol–water partition coefficient (Wildman–Crippen LogP) is 4.27. The van der Waals surface area contributed by atoms with Crippen LogP contribution in [0.25, 0.3) is 0 Å². The van der Waals surface area contributed by atoms with Crippen LogP contribution in [0.5, 0.6) is 0 Å². The number of rotatable bonds is 5. The molecule has 21 heavy (non-hydrogen) atoms. The van der Waals surface area contributed by atoms with Crippen molar-refractivity contribution >= 4 is 21.8 Å². The van der Waals surface area contributed by atoms with E-state index in [1.165, 1.54) is 6.07 Å². The number of hydrogen-bond acceptors (Lipinski definition) is 4. The van der Waals surface area contributed by atoms with Gasteiger partial charge in [0.05, 0.1) is 12.1 Å². The molecule has 0 fully saturated rings. The van der Waals surface area contributed by atoms with Crippen LogP contribution in [-0.2, 0) is 0 Å². The maximum Gasteiger partial charge on any atom is 0.433 e. The van der Waals surface area contributed by atoms with E-state index < -0.39 is 4.92 Å². The first-order valence-corrected chi connectivity index (χ1v) is 7.47. The van der Waals surface area contributed by atoms with Gasteiger partial charge < -0.3 is 9.73 Å². The second kappa shape index (κ2) is 6.41. The summed E-state index contributed by atoms with van der Waals surface area (Å²) >= 11 is 3.51. The van der Waals surface area contributed by atoms with Gasteiger partial charge in [-0.05, 0) is 49.2 Å². The van der Waals surface area contributed by atoms with Crippen molar-refractivity contribution in [3.63, 3.8) is 0 Å². The fourth-order valence-corrected chi connectivity index (χ4v) is 2.74. The highest BCUT2D eigenvalue weighted by Crippen LogP contribution is 2.31. The van der Waals surface area contributed by atoms with Crippen LogP contribution in [0.3, 0.4) is 0 Å². The van der Waals surface area contributed by atoms with Gasteiger partial charge in [0, 0.05) is 4.47 Å². The van der Waals surface area contributed by atoms with Crippen molar-refractivity contribution in [2.75, 3.05) is 6.54 Å². The molecule has 0 amide bonds. The van der Waals surface area contributed by atoms with Crippen LogP contribution in [0.4, 0.5) is 5.88 Å². The largest absolute Gasteiger partial charge is 0.433 e. The predicted molar refractivity (Wildman–Crippen MR) is 84.5 cm³/mol. The monoisotopic (exact) mass is 352 g/mol. The van der Waals surface area contributed by atoms with Crippen molar-refractivity contribution < 1.29 is 9.34 Å². The van der Waals surface area contributed by atoms with Crippen LogP contribution < -0.4 is 5.32 Å². The Morgan fingerprint density at radius 2 is 2.05 bits per heavy atom. The Labute approximate surface area is 131 Å². The number of halogens is 1. The first-order valence-electron chi connectivity index (χ1n) is 6.68. The van der Waals surface area contributed by atoms with E-state index >= 15 is 0 Å². The lowest BCUT2D eigenvalue weighted by molar-refractivity contribution is -0.402. The molecule has 0 saturated carbocycles. The highest BCUT2D eigenvalue weighted by Gasteiger charge is 2.22. The van der Waals surface area contributed by atoms with Crippen molar-refractivity contribution in [1.82, 2.24) is 5.32 Å². The van der Waals surface area contributed by atoms with E-state index in [0.29, 0.717) is 5.76 Å². The topological polar surface area (TPSA) is 68.3 Å². The van der Waals surface area contributed by atoms with Crippen molar-refractivity contribution in [1.29, 1.82) is 0 Å². The maximum atomic E-state index is 10.8. The lowest BCUT2D eigenvalue weighted by Gasteiger charge is -2.19. The van der Waals surface area contributed by atoms with Gasteiger partial charge in [0.15, 0.2) is 0 Å². The Balaban J connectivity index is 2.47. The molecular weight excluding hydrogens is 336 g/mol. The second-order valence-electron chi connectivity index (χ2n) is 4.88. The summed E-state index contributed by atoms with van der Waals surface area (Å²) in [6.07, 6.45) is 0. The van der Waals surface area contributed by atoms with Gasteiger partial charge in [-0.15, -0.1) is 0 Å². The third-order valence-corrected chi connectivity index (χ3v) is 4.20. The molecule has 0 aliphatic carbocycles. The zero-order valence-corrected chi connectivity index (χ0v) is 13.7. The van der Waals surface area contributed by atoms with Crippen molar-refractivity contribution in [2.45, 2.75) is 26.8 Å². The number of nitrogens with one attached hydrogen (secondary N) is 1. The first-order chi connectivity index (χ1) is 9.93. The molecule has 5 nitrogen and oxygen atoms in total. The summed E-state index contributed by atoms with van der Waals surface area (Å²) in [5, 5.41) is 14.1. The number of hydrogen-bond donors (Lipinski definition) is 1. The van der Waals surface area contributed by atoms with E-state index in [0.717, 1.165) is 27.7 Å². The summed E-state index contributed by atoms with van der Waals surface area (Å²) in [5.41, 5.74) is 3.26. The average Bonchev–Trinajstić information content (AvgIpc) is 2.90. The van der Waals surface area contributed by atoms with Gasteiger partial charge in [-0.2, -0.15) is 0 Å². The lowest BCUT2D eigenvalue weighted by atomic mass is 9.97. The molecule has 1 unspecified atom stereocenters. The summed E-state index contributed by atoms with van der Waals surface area (Å²) in [6.45, 7) is 6.75. The minimum atomic E-state index is -0.522. The van der Waals surface area contributed by atoms with E-state index in [9.17, 15) is 10.1 Å². The SMILES string of the molecule is CCNC(c1ccc([N+](=O)[O-])o1)c1cc(C)c(Br)cc1C. The zero-order valence-electron chi connectivity index (χ0n) is 12.1. The summed E-state index contributed by atoms with van der Waals surface area (Å²) in [5.74, 6) is 0.313. The molecule has 0 saturated heterocycles. The molecule has 0 radical (unpaired) electrons. The smallest absolute Gasteiger partial charge is 0.404 e. The number of nitrogens with zero attached hydrogens (tertiary/aromatic N) is 1. The van der Waals surface area contributed by atoms with Gasteiger partial charge in [-0.3, -0.25) is 10.1 Å². The molecule has 1 aromatic carbocycles. The van der Waals surface area contributed by atoms with E-state index in [2.05, 4.69) is 27.3 Å². The molecule has 2 aromatic rings. The van der Waals surface area contributed by atoms with Crippen LogP contribution >= 0.6 is 15.9 Å². The molecule has 1 heterocycles. The number of nitro groups is 1.